The fourth-order valence-corrected chi connectivity index (χ4v) is 1.63. The summed E-state index contributed by atoms with van der Waals surface area (Å²) in [6, 6.07) is 11.2. The van der Waals surface area contributed by atoms with Gasteiger partial charge in [0.15, 0.2) is 18.8 Å². The van der Waals surface area contributed by atoms with Crippen LogP contribution < -0.4 is 9.47 Å². The maximum absolute atomic E-state index is 11.0. The van der Waals surface area contributed by atoms with Gasteiger partial charge < -0.3 is 14.2 Å². The zero-order chi connectivity index (χ0) is 14.2. The molecule has 5 heteroatoms. The van der Waals surface area contributed by atoms with Crippen molar-refractivity contribution in [3.05, 3.63) is 53.7 Å². The maximum Gasteiger partial charge on any atom is 0.258 e. The molecule has 0 fully saturated rings. The van der Waals surface area contributed by atoms with Crippen molar-refractivity contribution in [2.45, 2.75) is 6.61 Å². The molecule has 0 amide bonds. The number of carbonyl (C=O) groups excluding carboxylic acids is 1. The van der Waals surface area contributed by atoms with Crippen molar-refractivity contribution in [1.82, 2.24) is 4.98 Å². The van der Waals surface area contributed by atoms with E-state index in [1.165, 1.54) is 13.3 Å². The lowest BCUT2D eigenvalue weighted by atomic mass is 10.2. The lowest BCUT2D eigenvalue weighted by Crippen LogP contribution is -2.06. The van der Waals surface area contributed by atoms with Crippen LogP contribution in [0.5, 0.6) is 11.6 Å². The number of aromatic nitrogens is 1. The number of aldehydes is 1. The van der Waals surface area contributed by atoms with Crippen LogP contribution in [0.2, 0.25) is 0 Å². The molecule has 0 spiro atoms. The Labute approximate surface area is 117 Å². The second-order valence-corrected chi connectivity index (χ2v) is 3.98. The lowest BCUT2D eigenvalue weighted by Gasteiger charge is -2.12. The number of methoxy groups -OCH3 is 1. The average Bonchev–Trinajstić information content (AvgIpc) is 2.52. The molecule has 104 valence electrons. The molecule has 1 heterocycles. The van der Waals surface area contributed by atoms with Crippen LogP contribution in [0.25, 0.3) is 0 Å². The van der Waals surface area contributed by atoms with Gasteiger partial charge in [-0.15, -0.1) is 0 Å². The molecular weight excluding hydrogens is 258 g/mol. The molecule has 0 atom stereocenters. The Kier molecular flexibility index (Phi) is 5.08. The molecular formula is C15H15NO4. The van der Waals surface area contributed by atoms with Crippen LogP contribution in [0.3, 0.4) is 0 Å². The molecule has 20 heavy (non-hydrogen) atoms. The third-order valence-electron chi connectivity index (χ3n) is 2.57. The first-order valence-corrected chi connectivity index (χ1v) is 6.07. The van der Waals surface area contributed by atoms with Gasteiger partial charge in [-0.1, -0.05) is 30.3 Å². The summed E-state index contributed by atoms with van der Waals surface area (Å²) < 4.78 is 15.8. The van der Waals surface area contributed by atoms with Crippen molar-refractivity contribution >= 4 is 6.29 Å². The lowest BCUT2D eigenvalue weighted by molar-refractivity contribution is 0.0471. The number of hydrogen-bond acceptors (Lipinski definition) is 5. The van der Waals surface area contributed by atoms with E-state index in [4.69, 9.17) is 14.2 Å². The number of rotatable bonds is 7. The van der Waals surface area contributed by atoms with E-state index in [0.29, 0.717) is 24.2 Å². The van der Waals surface area contributed by atoms with Crippen molar-refractivity contribution in [1.29, 1.82) is 0 Å². The Morgan fingerprint density at radius 3 is 2.65 bits per heavy atom. The van der Waals surface area contributed by atoms with E-state index in [0.717, 1.165) is 5.56 Å². The van der Waals surface area contributed by atoms with Gasteiger partial charge in [-0.25, -0.2) is 4.98 Å². The van der Waals surface area contributed by atoms with Crippen LogP contribution in [0.1, 0.15) is 15.9 Å². The van der Waals surface area contributed by atoms with Crippen LogP contribution in [0, 0.1) is 0 Å². The van der Waals surface area contributed by atoms with E-state index >= 15 is 0 Å². The summed E-state index contributed by atoms with van der Waals surface area (Å²) in [6.07, 6.45) is 2.20. The summed E-state index contributed by atoms with van der Waals surface area (Å²) >= 11 is 0. The van der Waals surface area contributed by atoms with Gasteiger partial charge in [0.05, 0.1) is 5.56 Å². The van der Waals surface area contributed by atoms with Crippen molar-refractivity contribution in [2.75, 3.05) is 13.9 Å². The summed E-state index contributed by atoms with van der Waals surface area (Å²) in [5, 5.41) is 0. The minimum atomic E-state index is 0.0221. The summed E-state index contributed by atoms with van der Waals surface area (Å²) in [4.78, 5) is 15.1. The van der Waals surface area contributed by atoms with Crippen LogP contribution in [-0.2, 0) is 11.3 Å². The Balaban J connectivity index is 2.15. The molecule has 0 saturated carbocycles. The minimum Gasteiger partial charge on any atom is -0.470 e. The number of nitrogens with zero attached hydrogens (tertiary/aromatic N) is 1. The molecule has 1 aromatic carbocycles. The van der Waals surface area contributed by atoms with E-state index in [1.54, 1.807) is 6.07 Å². The van der Waals surface area contributed by atoms with E-state index in [-0.39, 0.29) is 12.7 Å². The standard InChI is InChI=1S/C15H15NO4/c1-18-11-20-14-13(9-17)7-8-16-15(14)19-10-12-5-3-2-4-6-12/h2-9H,10-11H2,1H3. The molecule has 0 aliphatic heterocycles. The summed E-state index contributed by atoms with van der Waals surface area (Å²) in [7, 11) is 1.50. The first kappa shape index (κ1) is 14.0. The Morgan fingerprint density at radius 2 is 1.95 bits per heavy atom. The molecule has 0 saturated heterocycles. The van der Waals surface area contributed by atoms with E-state index in [9.17, 15) is 4.79 Å². The Bertz CT molecular complexity index is 557. The highest BCUT2D eigenvalue weighted by Crippen LogP contribution is 2.28. The van der Waals surface area contributed by atoms with E-state index < -0.39 is 0 Å². The summed E-state index contributed by atoms with van der Waals surface area (Å²) in [6.45, 7) is 0.369. The molecule has 0 unspecified atom stereocenters. The van der Waals surface area contributed by atoms with Crippen LogP contribution in [0.4, 0.5) is 0 Å². The quantitative estimate of drug-likeness (QED) is 0.573. The van der Waals surface area contributed by atoms with Crippen LogP contribution >= 0.6 is 0 Å². The highest BCUT2D eigenvalue weighted by atomic mass is 16.7. The van der Waals surface area contributed by atoms with Gasteiger partial charge in [-0.2, -0.15) is 0 Å². The number of carbonyl (C=O) groups is 1. The Morgan fingerprint density at radius 1 is 1.15 bits per heavy atom. The molecule has 5 nitrogen and oxygen atoms in total. The van der Waals surface area contributed by atoms with Crippen LogP contribution in [-0.4, -0.2) is 25.2 Å². The molecule has 0 aliphatic rings. The number of ether oxygens (including phenoxy) is 3. The van der Waals surface area contributed by atoms with Gasteiger partial charge in [0, 0.05) is 13.3 Å². The van der Waals surface area contributed by atoms with Gasteiger partial charge in [0.2, 0.25) is 0 Å². The average molecular weight is 273 g/mol. The normalized spacial score (nSPS) is 10.1. The monoisotopic (exact) mass is 273 g/mol. The summed E-state index contributed by atoms with van der Waals surface area (Å²) in [5.74, 6) is 0.566. The van der Waals surface area contributed by atoms with Crippen molar-refractivity contribution in [3.8, 4) is 11.6 Å². The minimum absolute atomic E-state index is 0.0221. The predicted octanol–water partition coefficient (Wildman–Crippen LogP) is 2.46. The Hall–Kier alpha value is -2.40. The molecule has 0 radical (unpaired) electrons. The van der Waals surface area contributed by atoms with Crippen molar-refractivity contribution < 1.29 is 19.0 Å². The first-order valence-electron chi connectivity index (χ1n) is 6.07. The molecule has 2 aromatic rings. The highest BCUT2D eigenvalue weighted by molar-refractivity contribution is 5.80. The van der Waals surface area contributed by atoms with Gasteiger partial charge in [-0.3, -0.25) is 4.79 Å². The molecule has 0 bridgehead atoms. The molecule has 0 aliphatic carbocycles. The smallest absolute Gasteiger partial charge is 0.258 e. The van der Waals surface area contributed by atoms with Crippen molar-refractivity contribution in [3.63, 3.8) is 0 Å². The van der Waals surface area contributed by atoms with Gasteiger partial charge in [-0.05, 0) is 11.6 Å². The third-order valence-corrected chi connectivity index (χ3v) is 2.57. The highest BCUT2D eigenvalue weighted by Gasteiger charge is 2.12. The van der Waals surface area contributed by atoms with Gasteiger partial charge >= 0.3 is 0 Å². The zero-order valence-electron chi connectivity index (χ0n) is 11.1. The van der Waals surface area contributed by atoms with E-state index in [1.807, 2.05) is 30.3 Å². The fourth-order valence-electron chi connectivity index (χ4n) is 1.63. The van der Waals surface area contributed by atoms with E-state index in [2.05, 4.69) is 4.98 Å². The van der Waals surface area contributed by atoms with Crippen molar-refractivity contribution in [2.24, 2.45) is 0 Å². The third kappa shape index (κ3) is 3.55. The molecule has 2 rings (SSSR count). The topological polar surface area (TPSA) is 57.7 Å². The molecule has 1 aromatic heterocycles. The second kappa shape index (κ2) is 7.25. The van der Waals surface area contributed by atoms with Crippen LogP contribution in [0.15, 0.2) is 42.6 Å². The number of pyridine rings is 1. The first-order chi connectivity index (χ1) is 9.85. The SMILES string of the molecule is COCOc1c(C=O)ccnc1OCc1ccccc1. The second-order valence-electron chi connectivity index (χ2n) is 3.98. The molecule has 0 N–H and O–H groups in total. The predicted molar refractivity (Wildman–Crippen MR) is 72.9 cm³/mol. The van der Waals surface area contributed by atoms with Gasteiger partial charge in [0.1, 0.15) is 6.61 Å². The number of hydrogen-bond donors (Lipinski definition) is 0. The zero-order valence-corrected chi connectivity index (χ0v) is 11.1. The largest absolute Gasteiger partial charge is 0.470 e. The van der Waals surface area contributed by atoms with Gasteiger partial charge in [0.25, 0.3) is 5.88 Å². The number of benzene rings is 1. The maximum atomic E-state index is 11.0. The fraction of sp³-hybridized carbons (Fsp3) is 0.200. The summed E-state index contributed by atoms with van der Waals surface area (Å²) in [5.41, 5.74) is 1.38.